The number of piperidine rings is 1. The highest BCUT2D eigenvalue weighted by Gasteiger charge is 2.34. The third-order valence-corrected chi connectivity index (χ3v) is 5.83. The van der Waals surface area contributed by atoms with E-state index in [0.29, 0.717) is 18.9 Å². The number of hydrogen-bond acceptors (Lipinski definition) is 3. The van der Waals surface area contributed by atoms with Crippen LogP contribution < -0.4 is 0 Å². The zero-order valence-corrected chi connectivity index (χ0v) is 16.5. The second kappa shape index (κ2) is 8.41. The molecule has 1 amide bonds. The molecule has 0 spiro atoms. The Kier molecular flexibility index (Phi) is 5.72. The summed E-state index contributed by atoms with van der Waals surface area (Å²) < 4.78 is 26.7. The monoisotopic (exact) mass is 397 g/mol. The fourth-order valence-corrected chi connectivity index (χ4v) is 3.99. The first kappa shape index (κ1) is 19.7. The summed E-state index contributed by atoms with van der Waals surface area (Å²) in [7, 11) is 0. The fraction of sp³-hybridized carbons (Fsp3) is 0.391. The van der Waals surface area contributed by atoms with Crippen LogP contribution in [0.2, 0.25) is 0 Å². The molecule has 152 valence electrons. The van der Waals surface area contributed by atoms with Crippen molar-refractivity contribution in [2.75, 3.05) is 19.6 Å². The summed E-state index contributed by atoms with van der Waals surface area (Å²) in [6, 6.07) is 12.1. The minimum absolute atomic E-state index is 0.0639. The summed E-state index contributed by atoms with van der Waals surface area (Å²) in [6.07, 6.45) is 2.71. The van der Waals surface area contributed by atoms with Crippen LogP contribution in [0.5, 0.6) is 0 Å². The number of hydrogen-bond donors (Lipinski definition) is 0. The number of halogens is 2. The predicted octanol–water partition coefficient (Wildman–Crippen LogP) is 4.37. The smallest absolute Gasteiger partial charge is 0.257 e. The molecule has 4 nitrogen and oxygen atoms in total. The quantitative estimate of drug-likeness (QED) is 0.768. The predicted molar refractivity (Wildman–Crippen MR) is 108 cm³/mol. The van der Waals surface area contributed by atoms with Crippen molar-refractivity contribution in [2.45, 2.75) is 32.2 Å². The number of rotatable bonds is 4. The Morgan fingerprint density at radius 1 is 1.00 bits per heavy atom. The van der Waals surface area contributed by atoms with Gasteiger partial charge in [0.25, 0.3) is 5.91 Å². The summed E-state index contributed by atoms with van der Waals surface area (Å²) in [5.41, 5.74) is 2.37. The van der Waals surface area contributed by atoms with Crippen molar-refractivity contribution < 1.29 is 13.6 Å². The van der Waals surface area contributed by atoms with E-state index in [1.165, 1.54) is 29.3 Å². The highest BCUT2D eigenvalue weighted by molar-refractivity contribution is 6.03. The summed E-state index contributed by atoms with van der Waals surface area (Å²) >= 11 is 0. The maximum Gasteiger partial charge on any atom is 0.257 e. The molecule has 1 atom stereocenters. The maximum absolute atomic E-state index is 13.4. The third kappa shape index (κ3) is 4.53. The lowest BCUT2D eigenvalue weighted by molar-refractivity contribution is -0.134. The average Bonchev–Trinajstić information content (AvgIpc) is 3.16. The number of amides is 1. The Bertz CT molecular complexity index is 887. The van der Waals surface area contributed by atoms with Gasteiger partial charge in [0.1, 0.15) is 11.6 Å². The van der Waals surface area contributed by atoms with E-state index < -0.39 is 0 Å². The number of hydrazone groups is 1. The van der Waals surface area contributed by atoms with Crippen molar-refractivity contribution in [3.8, 4) is 0 Å². The minimum atomic E-state index is -0.313. The molecule has 0 radical (unpaired) electrons. The molecule has 2 aromatic carbocycles. The van der Waals surface area contributed by atoms with Gasteiger partial charge in [-0.15, -0.1) is 0 Å². The van der Waals surface area contributed by atoms with Gasteiger partial charge in [0, 0.05) is 6.42 Å². The van der Waals surface area contributed by atoms with Gasteiger partial charge in [-0.2, -0.15) is 5.10 Å². The largest absolute Gasteiger partial charge is 0.294 e. The van der Waals surface area contributed by atoms with Crippen LogP contribution in [-0.2, 0) is 4.79 Å². The molecule has 2 aliphatic heterocycles. The molecule has 0 aromatic heterocycles. The van der Waals surface area contributed by atoms with Crippen LogP contribution in [0, 0.1) is 17.6 Å². The first-order valence-electron chi connectivity index (χ1n) is 10.1. The van der Waals surface area contributed by atoms with Gasteiger partial charge in [-0.05, 0) is 67.2 Å². The lowest BCUT2D eigenvalue weighted by Crippen LogP contribution is -2.41. The number of benzene rings is 2. The van der Waals surface area contributed by atoms with E-state index in [-0.39, 0.29) is 23.6 Å². The molecule has 1 unspecified atom stereocenters. The highest BCUT2D eigenvalue weighted by atomic mass is 19.1. The molecule has 2 aliphatic rings. The van der Waals surface area contributed by atoms with Crippen molar-refractivity contribution >= 4 is 11.6 Å². The van der Waals surface area contributed by atoms with Crippen molar-refractivity contribution in [3.05, 3.63) is 71.3 Å². The first-order chi connectivity index (χ1) is 14.0. The van der Waals surface area contributed by atoms with Crippen LogP contribution in [0.1, 0.15) is 43.4 Å². The number of likely N-dealkylation sites (tertiary alicyclic amines) is 1. The Morgan fingerprint density at radius 3 is 2.21 bits per heavy atom. The van der Waals surface area contributed by atoms with Crippen LogP contribution in [0.25, 0.3) is 0 Å². The van der Waals surface area contributed by atoms with E-state index in [0.717, 1.165) is 42.8 Å². The van der Waals surface area contributed by atoms with Crippen LogP contribution in [0.4, 0.5) is 8.78 Å². The molecule has 0 aliphatic carbocycles. The van der Waals surface area contributed by atoms with Gasteiger partial charge in [0.05, 0.1) is 18.3 Å². The van der Waals surface area contributed by atoms with E-state index in [2.05, 4.69) is 16.9 Å². The van der Waals surface area contributed by atoms with E-state index in [9.17, 15) is 13.6 Å². The molecule has 0 saturated carbocycles. The lowest BCUT2D eigenvalue weighted by atomic mass is 9.98. The Hall–Kier alpha value is -2.60. The molecule has 1 fully saturated rings. The van der Waals surface area contributed by atoms with Gasteiger partial charge in [0.2, 0.25) is 0 Å². The molecule has 1 saturated heterocycles. The minimum Gasteiger partial charge on any atom is -0.294 e. The zero-order chi connectivity index (χ0) is 20.4. The average molecular weight is 397 g/mol. The standard InChI is InChI=1S/C23H25F2N3O/c1-16-10-12-27(13-11-16)15-23(29)28-22(18-4-8-20(25)9-5-18)14-21(26-28)17-2-6-19(24)7-3-17/h2-9,16,22H,10-15H2,1H3. The van der Waals surface area contributed by atoms with E-state index in [1.54, 1.807) is 24.3 Å². The van der Waals surface area contributed by atoms with Crippen molar-refractivity contribution in [3.63, 3.8) is 0 Å². The second-order valence-electron chi connectivity index (χ2n) is 8.02. The van der Waals surface area contributed by atoms with Crippen molar-refractivity contribution in [1.29, 1.82) is 0 Å². The normalized spacial score (nSPS) is 20.7. The van der Waals surface area contributed by atoms with Gasteiger partial charge in [-0.25, -0.2) is 13.8 Å². The van der Waals surface area contributed by atoms with Gasteiger partial charge in [-0.3, -0.25) is 9.69 Å². The Labute approximate surface area is 169 Å². The van der Waals surface area contributed by atoms with Gasteiger partial charge in [-0.1, -0.05) is 31.2 Å². The summed E-state index contributed by atoms with van der Waals surface area (Å²) in [4.78, 5) is 15.3. The van der Waals surface area contributed by atoms with Crippen molar-refractivity contribution in [1.82, 2.24) is 9.91 Å². The number of nitrogens with zero attached hydrogens (tertiary/aromatic N) is 3. The second-order valence-corrected chi connectivity index (χ2v) is 8.02. The van der Waals surface area contributed by atoms with Gasteiger partial charge < -0.3 is 0 Å². The summed E-state index contributed by atoms with van der Waals surface area (Å²) in [5, 5.41) is 6.14. The fourth-order valence-electron chi connectivity index (χ4n) is 3.99. The number of carbonyl (C=O) groups is 1. The SMILES string of the molecule is CC1CCN(CC(=O)N2N=C(c3ccc(F)cc3)CC2c2ccc(F)cc2)CC1. The van der Waals surface area contributed by atoms with E-state index in [1.807, 2.05) is 0 Å². The molecular weight excluding hydrogens is 372 g/mol. The maximum atomic E-state index is 13.4. The highest BCUT2D eigenvalue weighted by Crippen LogP contribution is 2.33. The van der Waals surface area contributed by atoms with Gasteiger partial charge in [0.15, 0.2) is 0 Å². The molecular formula is C23H25F2N3O. The van der Waals surface area contributed by atoms with E-state index >= 15 is 0 Å². The van der Waals surface area contributed by atoms with Crippen LogP contribution in [0.3, 0.4) is 0 Å². The van der Waals surface area contributed by atoms with Crippen molar-refractivity contribution in [2.24, 2.45) is 11.0 Å². The molecule has 29 heavy (non-hydrogen) atoms. The molecule has 4 rings (SSSR count). The lowest BCUT2D eigenvalue weighted by Gasteiger charge is -2.31. The van der Waals surface area contributed by atoms with Gasteiger partial charge >= 0.3 is 0 Å². The van der Waals surface area contributed by atoms with E-state index in [4.69, 9.17) is 0 Å². The molecule has 0 bridgehead atoms. The molecule has 6 heteroatoms. The van der Waals surface area contributed by atoms with Crippen LogP contribution in [-0.4, -0.2) is 41.2 Å². The molecule has 0 N–H and O–H groups in total. The molecule has 2 heterocycles. The number of carbonyl (C=O) groups excluding carboxylic acids is 1. The van der Waals surface area contributed by atoms with Crippen LogP contribution >= 0.6 is 0 Å². The summed E-state index contributed by atoms with van der Waals surface area (Å²) in [5.74, 6) is 0.00983. The first-order valence-corrected chi connectivity index (χ1v) is 10.1. The van der Waals surface area contributed by atoms with Crippen LogP contribution in [0.15, 0.2) is 53.6 Å². The topological polar surface area (TPSA) is 35.9 Å². The Balaban J connectivity index is 1.57. The zero-order valence-electron chi connectivity index (χ0n) is 16.5. The molecule has 2 aromatic rings. The third-order valence-electron chi connectivity index (χ3n) is 5.83. The Morgan fingerprint density at radius 2 is 1.59 bits per heavy atom. The summed E-state index contributed by atoms with van der Waals surface area (Å²) in [6.45, 7) is 4.39.